The molecule has 2 unspecified atom stereocenters. The number of hydrogen-bond donors (Lipinski definition) is 2. The SMILES string of the molecule is CCOC(=O)C(NC(=O)CC)C(C)O. The van der Waals surface area contributed by atoms with Gasteiger partial charge in [-0.15, -0.1) is 0 Å². The van der Waals surface area contributed by atoms with Crippen molar-refractivity contribution in [2.45, 2.75) is 39.3 Å². The molecule has 2 N–H and O–H groups in total. The van der Waals surface area contributed by atoms with Gasteiger partial charge in [-0.3, -0.25) is 4.79 Å². The zero-order valence-electron chi connectivity index (χ0n) is 8.74. The summed E-state index contributed by atoms with van der Waals surface area (Å²) >= 11 is 0. The minimum Gasteiger partial charge on any atom is -0.464 e. The zero-order valence-corrected chi connectivity index (χ0v) is 8.74. The molecule has 0 aromatic carbocycles. The molecule has 0 radical (unpaired) electrons. The number of aliphatic hydroxyl groups is 1. The van der Waals surface area contributed by atoms with Crippen molar-refractivity contribution in [3.63, 3.8) is 0 Å². The quantitative estimate of drug-likeness (QED) is 0.608. The zero-order chi connectivity index (χ0) is 11.1. The molecule has 0 rings (SSSR count). The molecule has 0 fully saturated rings. The third-order valence-corrected chi connectivity index (χ3v) is 1.66. The van der Waals surface area contributed by atoms with Crippen LogP contribution in [0.2, 0.25) is 0 Å². The topological polar surface area (TPSA) is 75.6 Å². The Kier molecular flexibility index (Phi) is 5.87. The van der Waals surface area contributed by atoms with Gasteiger partial charge in [-0.2, -0.15) is 0 Å². The summed E-state index contributed by atoms with van der Waals surface area (Å²) in [6.07, 6.45) is -0.688. The standard InChI is InChI=1S/C9H17NO4/c1-4-7(12)10-8(6(3)11)9(13)14-5-2/h6,8,11H,4-5H2,1-3H3,(H,10,12). The van der Waals surface area contributed by atoms with Gasteiger partial charge in [0.2, 0.25) is 5.91 Å². The van der Waals surface area contributed by atoms with Gasteiger partial charge < -0.3 is 15.2 Å². The number of carbonyl (C=O) groups is 2. The molecule has 0 aliphatic carbocycles. The van der Waals surface area contributed by atoms with E-state index >= 15 is 0 Å². The lowest BCUT2D eigenvalue weighted by molar-refractivity contribution is -0.150. The molecule has 0 spiro atoms. The van der Waals surface area contributed by atoms with Gasteiger partial charge in [0, 0.05) is 6.42 Å². The molecule has 0 aromatic heterocycles. The van der Waals surface area contributed by atoms with E-state index in [2.05, 4.69) is 5.32 Å². The fraction of sp³-hybridized carbons (Fsp3) is 0.778. The maximum Gasteiger partial charge on any atom is 0.331 e. The Morgan fingerprint density at radius 1 is 1.43 bits per heavy atom. The van der Waals surface area contributed by atoms with Crippen LogP contribution in [0.25, 0.3) is 0 Å². The Morgan fingerprint density at radius 2 is 2.00 bits per heavy atom. The number of nitrogens with one attached hydrogen (secondary N) is 1. The highest BCUT2D eigenvalue weighted by Gasteiger charge is 2.26. The predicted molar refractivity (Wildman–Crippen MR) is 50.5 cm³/mol. The predicted octanol–water partition coefficient (Wildman–Crippen LogP) is -0.175. The Labute approximate surface area is 83.4 Å². The van der Waals surface area contributed by atoms with Crippen LogP contribution in [0.15, 0.2) is 0 Å². The van der Waals surface area contributed by atoms with Gasteiger partial charge in [0.05, 0.1) is 12.7 Å². The van der Waals surface area contributed by atoms with Crippen LogP contribution in [0.5, 0.6) is 0 Å². The number of esters is 1. The van der Waals surface area contributed by atoms with Crippen LogP contribution in [-0.4, -0.2) is 35.7 Å². The summed E-state index contributed by atoms with van der Waals surface area (Å²) in [7, 11) is 0. The van der Waals surface area contributed by atoms with E-state index in [4.69, 9.17) is 4.74 Å². The average molecular weight is 203 g/mol. The molecule has 0 saturated carbocycles. The van der Waals surface area contributed by atoms with E-state index in [9.17, 15) is 14.7 Å². The van der Waals surface area contributed by atoms with E-state index in [0.29, 0.717) is 0 Å². The number of hydrogen-bond acceptors (Lipinski definition) is 4. The van der Waals surface area contributed by atoms with Crippen LogP contribution < -0.4 is 5.32 Å². The van der Waals surface area contributed by atoms with Crippen molar-refractivity contribution in [1.29, 1.82) is 0 Å². The summed E-state index contributed by atoms with van der Waals surface area (Å²) in [5.41, 5.74) is 0. The molecule has 82 valence electrons. The molecule has 0 bridgehead atoms. The molecule has 5 nitrogen and oxygen atoms in total. The van der Waals surface area contributed by atoms with Crippen molar-refractivity contribution in [2.24, 2.45) is 0 Å². The highest BCUT2D eigenvalue weighted by molar-refractivity contribution is 5.84. The second kappa shape index (κ2) is 6.37. The van der Waals surface area contributed by atoms with Crippen molar-refractivity contribution in [3.8, 4) is 0 Å². The van der Waals surface area contributed by atoms with Crippen molar-refractivity contribution in [3.05, 3.63) is 0 Å². The van der Waals surface area contributed by atoms with Gasteiger partial charge in [-0.25, -0.2) is 4.79 Å². The molecule has 2 atom stereocenters. The maximum absolute atomic E-state index is 11.2. The second-order valence-corrected chi connectivity index (χ2v) is 2.89. The first-order chi connectivity index (χ1) is 6.52. The Morgan fingerprint density at radius 3 is 2.36 bits per heavy atom. The average Bonchev–Trinajstić information content (AvgIpc) is 2.13. The van der Waals surface area contributed by atoms with Gasteiger partial charge in [0.1, 0.15) is 0 Å². The molecular formula is C9H17NO4. The number of ether oxygens (including phenoxy) is 1. The maximum atomic E-state index is 11.2. The number of amides is 1. The van der Waals surface area contributed by atoms with Gasteiger partial charge in [0.15, 0.2) is 6.04 Å². The van der Waals surface area contributed by atoms with E-state index in [1.165, 1.54) is 6.92 Å². The molecule has 0 heterocycles. The lowest BCUT2D eigenvalue weighted by Crippen LogP contribution is -2.48. The van der Waals surface area contributed by atoms with Gasteiger partial charge in [0.25, 0.3) is 0 Å². The molecule has 1 amide bonds. The summed E-state index contributed by atoms with van der Waals surface area (Å²) in [6, 6.07) is -0.970. The first-order valence-electron chi connectivity index (χ1n) is 4.67. The van der Waals surface area contributed by atoms with Crippen molar-refractivity contribution < 1.29 is 19.4 Å². The van der Waals surface area contributed by atoms with Crippen LogP contribution in [0.4, 0.5) is 0 Å². The third-order valence-electron chi connectivity index (χ3n) is 1.66. The highest BCUT2D eigenvalue weighted by Crippen LogP contribution is 1.97. The van der Waals surface area contributed by atoms with Gasteiger partial charge in [-0.1, -0.05) is 6.92 Å². The Hall–Kier alpha value is -1.10. The van der Waals surface area contributed by atoms with Crippen molar-refractivity contribution >= 4 is 11.9 Å². The minimum absolute atomic E-state index is 0.226. The first-order valence-corrected chi connectivity index (χ1v) is 4.67. The molecule has 0 aliphatic rings. The normalized spacial score (nSPS) is 14.3. The largest absolute Gasteiger partial charge is 0.464 e. The molecular weight excluding hydrogens is 186 g/mol. The number of rotatable bonds is 5. The molecule has 0 saturated heterocycles. The fourth-order valence-corrected chi connectivity index (χ4v) is 0.884. The summed E-state index contributed by atoms with van der Waals surface area (Å²) in [5.74, 6) is -0.895. The van der Waals surface area contributed by atoms with Crippen LogP contribution in [-0.2, 0) is 14.3 Å². The Balaban J connectivity index is 4.29. The van der Waals surface area contributed by atoms with E-state index in [1.807, 2.05) is 0 Å². The summed E-state index contributed by atoms with van der Waals surface area (Å²) in [5, 5.41) is 11.6. The molecule has 5 heteroatoms. The minimum atomic E-state index is -0.970. The van der Waals surface area contributed by atoms with E-state index in [-0.39, 0.29) is 18.9 Å². The third kappa shape index (κ3) is 4.23. The van der Waals surface area contributed by atoms with E-state index in [0.717, 1.165) is 0 Å². The Bertz CT molecular complexity index is 203. The van der Waals surface area contributed by atoms with E-state index < -0.39 is 18.1 Å². The van der Waals surface area contributed by atoms with E-state index in [1.54, 1.807) is 13.8 Å². The summed E-state index contributed by atoms with van der Waals surface area (Å²) in [6.45, 7) is 4.99. The summed E-state index contributed by atoms with van der Waals surface area (Å²) < 4.78 is 4.70. The smallest absolute Gasteiger partial charge is 0.331 e. The molecule has 0 aromatic rings. The molecule has 14 heavy (non-hydrogen) atoms. The fourth-order valence-electron chi connectivity index (χ4n) is 0.884. The second-order valence-electron chi connectivity index (χ2n) is 2.89. The lowest BCUT2D eigenvalue weighted by atomic mass is 10.2. The van der Waals surface area contributed by atoms with Crippen LogP contribution in [0.3, 0.4) is 0 Å². The lowest BCUT2D eigenvalue weighted by Gasteiger charge is -2.19. The first kappa shape index (κ1) is 12.9. The molecule has 0 aliphatic heterocycles. The van der Waals surface area contributed by atoms with Crippen LogP contribution in [0, 0.1) is 0 Å². The van der Waals surface area contributed by atoms with Gasteiger partial charge in [-0.05, 0) is 13.8 Å². The number of carbonyl (C=O) groups excluding carboxylic acids is 2. The monoisotopic (exact) mass is 203 g/mol. The van der Waals surface area contributed by atoms with Crippen LogP contribution in [0.1, 0.15) is 27.2 Å². The number of aliphatic hydroxyl groups excluding tert-OH is 1. The highest BCUT2D eigenvalue weighted by atomic mass is 16.5. The van der Waals surface area contributed by atoms with Crippen molar-refractivity contribution in [1.82, 2.24) is 5.32 Å². The van der Waals surface area contributed by atoms with Crippen LogP contribution >= 0.6 is 0 Å². The summed E-state index contributed by atoms with van der Waals surface area (Å²) in [4.78, 5) is 22.2. The van der Waals surface area contributed by atoms with Gasteiger partial charge >= 0.3 is 5.97 Å². The van der Waals surface area contributed by atoms with Crippen molar-refractivity contribution in [2.75, 3.05) is 6.61 Å².